The summed E-state index contributed by atoms with van der Waals surface area (Å²) >= 11 is 3.48. The van der Waals surface area contributed by atoms with E-state index in [1.54, 1.807) is 0 Å². The van der Waals surface area contributed by atoms with Crippen molar-refractivity contribution in [3.05, 3.63) is 40.5 Å². The molecule has 0 saturated carbocycles. The zero-order valence-electron chi connectivity index (χ0n) is 12.6. The molecule has 112 valence electrons. The Morgan fingerprint density at radius 1 is 1.10 bits per heavy atom. The minimum atomic E-state index is 0.142. The predicted molar refractivity (Wildman–Crippen MR) is 91.8 cm³/mol. The molecule has 21 heavy (non-hydrogen) atoms. The first-order chi connectivity index (χ1) is 10.2. The maximum absolute atomic E-state index is 12.3. The van der Waals surface area contributed by atoms with E-state index in [4.69, 9.17) is 0 Å². The molecule has 1 aromatic heterocycles. The van der Waals surface area contributed by atoms with E-state index in [0.717, 1.165) is 28.2 Å². The molecule has 0 bridgehead atoms. The van der Waals surface area contributed by atoms with Crippen molar-refractivity contribution in [3.63, 3.8) is 0 Å². The van der Waals surface area contributed by atoms with Crippen LogP contribution in [-0.2, 0) is 0 Å². The van der Waals surface area contributed by atoms with E-state index < -0.39 is 0 Å². The zero-order chi connectivity index (χ0) is 15.1. The van der Waals surface area contributed by atoms with E-state index in [9.17, 15) is 4.79 Å². The molecule has 0 unspecified atom stereocenters. The number of Topliss-reactive ketones (excluding diaryl/α,β-unsaturated/α-hetero) is 1. The number of unbranched alkanes of at least 4 members (excludes halogenated alkanes) is 5. The van der Waals surface area contributed by atoms with Gasteiger partial charge in [0, 0.05) is 16.3 Å². The fourth-order valence-corrected chi connectivity index (χ4v) is 3.03. The lowest BCUT2D eigenvalue weighted by atomic mass is 10.1. The summed E-state index contributed by atoms with van der Waals surface area (Å²) in [6, 6.07) is 9.87. The molecule has 0 atom stereocenters. The SMILES string of the molecule is CCCCCCCCC(=O)c1nc2ccccc2cc1Br. The Balaban J connectivity index is 1.94. The average molecular weight is 348 g/mol. The number of nitrogens with zero attached hydrogens (tertiary/aromatic N) is 1. The van der Waals surface area contributed by atoms with Gasteiger partial charge in [0.2, 0.25) is 0 Å². The summed E-state index contributed by atoms with van der Waals surface area (Å²) < 4.78 is 0.803. The number of aromatic nitrogens is 1. The smallest absolute Gasteiger partial charge is 0.182 e. The fraction of sp³-hybridized carbons (Fsp3) is 0.444. The number of fused-ring (bicyclic) bond motifs is 1. The summed E-state index contributed by atoms with van der Waals surface area (Å²) in [5, 5.41) is 1.06. The second-order valence-corrected chi connectivity index (χ2v) is 6.31. The first kappa shape index (κ1) is 16.2. The molecule has 3 heteroatoms. The molecule has 2 rings (SSSR count). The molecule has 2 aromatic rings. The van der Waals surface area contributed by atoms with E-state index in [2.05, 4.69) is 27.8 Å². The van der Waals surface area contributed by atoms with Crippen LogP contribution in [0.1, 0.15) is 62.4 Å². The summed E-state index contributed by atoms with van der Waals surface area (Å²) in [5.41, 5.74) is 1.45. The van der Waals surface area contributed by atoms with Gasteiger partial charge >= 0.3 is 0 Å². The molecular weight excluding hydrogens is 326 g/mol. The third kappa shape index (κ3) is 4.63. The quantitative estimate of drug-likeness (QED) is 0.437. The highest BCUT2D eigenvalue weighted by molar-refractivity contribution is 9.10. The Morgan fingerprint density at radius 3 is 2.62 bits per heavy atom. The Morgan fingerprint density at radius 2 is 1.81 bits per heavy atom. The molecule has 0 aliphatic carbocycles. The molecule has 0 spiro atoms. The van der Waals surface area contributed by atoms with Crippen LogP contribution in [0.25, 0.3) is 10.9 Å². The van der Waals surface area contributed by atoms with Gasteiger partial charge in [-0.3, -0.25) is 4.79 Å². The van der Waals surface area contributed by atoms with Crippen LogP contribution in [0, 0.1) is 0 Å². The van der Waals surface area contributed by atoms with Gasteiger partial charge in [-0.2, -0.15) is 0 Å². The van der Waals surface area contributed by atoms with Crippen molar-refractivity contribution < 1.29 is 4.79 Å². The van der Waals surface area contributed by atoms with Crippen molar-refractivity contribution >= 4 is 32.6 Å². The standard InChI is InChI=1S/C18H22BrNO/c1-2-3-4-5-6-7-12-17(21)18-15(19)13-14-10-8-9-11-16(14)20-18/h8-11,13H,2-7,12H2,1H3. The van der Waals surface area contributed by atoms with Gasteiger partial charge in [-0.05, 0) is 34.5 Å². The molecule has 2 nitrogen and oxygen atoms in total. The molecule has 0 fully saturated rings. The highest BCUT2D eigenvalue weighted by atomic mass is 79.9. The number of para-hydroxylation sites is 1. The van der Waals surface area contributed by atoms with E-state index >= 15 is 0 Å². The van der Waals surface area contributed by atoms with Crippen LogP contribution < -0.4 is 0 Å². The fourth-order valence-electron chi connectivity index (χ4n) is 2.47. The molecule has 0 N–H and O–H groups in total. The normalized spacial score (nSPS) is 11.0. The highest BCUT2D eigenvalue weighted by Crippen LogP contribution is 2.23. The summed E-state index contributed by atoms with van der Waals surface area (Å²) in [6.45, 7) is 2.21. The summed E-state index contributed by atoms with van der Waals surface area (Å²) in [4.78, 5) is 16.8. The molecule has 1 heterocycles. The zero-order valence-corrected chi connectivity index (χ0v) is 14.2. The second kappa shape index (κ2) is 8.28. The Hall–Kier alpha value is -1.22. The summed E-state index contributed by atoms with van der Waals surface area (Å²) in [5.74, 6) is 0.142. The maximum Gasteiger partial charge on any atom is 0.182 e. The van der Waals surface area contributed by atoms with Crippen molar-refractivity contribution in [3.8, 4) is 0 Å². The summed E-state index contributed by atoms with van der Waals surface area (Å²) in [6.07, 6.45) is 7.76. The van der Waals surface area contributed by atoms with Gasteiger partial charge in [0.05, 0.1) is 5.52 Å². The lowest BCUT2D eigenvalue weighted by Gasteiger charge is -2.05. The Labute approximate surface area is 135 Å². The van der Waals surface area contributed by atoms with Gasteiger partial charge in [-0.1, -0.05) is 57.2 Å². The van der Waals surface area contributed by atoms with E-state index in [0.29, 0.717) is 12.1 Å². The number of carbonyl (C=O) groups excluding carboxylic acids is 1. The average Bonchev–Trinajstić information content (AvgIpc) is 2.49. The van der Waals surface area contributed by atoms with Crippen LogP contribution >= 0.6 is 15.9 Å². The minimum Gasteiger partial charge on any atom is -0.292 e. The van der Waals surface area contributed by atoms with Gasteiger partial charge in [-0.15, -0.1) is 0 Å². The summed E-state index contributed by atoms with van der Waals surface area (Å²) in [7, 11) is 0. The lowest BCUT2D eigenvalue weighted by Crippen LogP contribution is -2.03. The van der Waals surface area contributed by atoms with Crippen LogP contribution in [0.2, 0.25) is 0 Å². The Kier molecular flexibility index (Phi) is 6.37. The second-order valence-electron chi connectivity index (χ2n) is 5.45. The van der Waals surface area contributed by atoms with Crippen molar-refractivity contribution in [2.75, 3.05) is 0 Å². The van der Waals surface area contributed by atoms with Gasteiger partial charge in [0.25, 0.3) is 0 Å². The van der Waals surface area contributed by atoms with Crippen molar-refractivity contribution in [1.29, 1.82) is 0 Å². The largest absolute Gasteiger partial charge is 0.292 e. The van der Waals surface area contributed by atoms with Crippen molar-refractivity contribution in [2.45, 2.75) is 51.9 Å². The third-order valence-electron chi connectivity index (χ3n) is 3.70. The topological polar surface area (TPSA) is 30.0 Å². The van der Waals surface area contributed by atoms with Crippen LogP contribution in [0.3, 0.4) is 0 Å². The van der Waals surface area contributed by atoms with E-state index in [1.165, 1.54) is 25.7 Å². The maximum atomic E-state index is 12.3. The van der Waals surface area contributed by atoms with Gasteiger partial charge < -0.3 is 0 Å². The van der Waals surface area contributed by atoms with Gasteiger partial charge in [0.1, 0.15) is 5.69 Å². The van der Waals surface area contributed by atoms with Crippen molar-refractivity contribution in [1.82, 2.24) is 4.98 Å². The van der Waals surface area contributed by atoms with Crippen LogP contribution in [-0.4, -0.2) is 10.8 Å². The molecular formula is C18H22BrNO. The predicted octanol–water partition coefficient (Wildman–Crippen LogP) is 5.93. The molecule has 0 aliphatic rings. The highest BCUT2D eigenvalue weighted by Gasteiger charge is 2.12. The molecule has 0 aliphatic heterocycles. The monoisotopic (exact) mass is 347 g/mol. The van der Waals surface area contributed by atoms with Gasteiger partial charge in [-0.25, -0.2) is 4.98 Å². The first-order valence-corrected chi connectivity index (χ1v) is 8.60. The van der Waals surface area contributed by atoms with Gasteiger partial charge in [0.15, 0.2) is 5.78 Å². The minimum absolute atomic E-state index is 0.142. The van der Waals surface area contributed by atoms with Crippen molar-refractivity contribution in [2.24, 2.45) is 0 Å². The molecule has 0 saturated heterocycles. The Bertz CT molecular complexity index is 609. The van der Waals surface area contributed by atoms with E-state index in [1.807, 2.05) is 30.3 Å². The molecule has 1 aromatic carbocycles. The number of rotatable bonds is 8. The molecule has 0 amide bonds. The number of halogens is 1. The molecule has 0 radical (unpaired) electrons. The number of hydrogen-bond acceptors (Lipinski definition) is 2. The number of pyridine rings is 1. The third-order valence-corrected chi connectivity index (χ3v) is 4.30. The van der Waals surface area contributed by atoms with Crippen LogP contribution in [0.4, 0.5) is 0 Å². The number of ketones is 1. The number of benzene rings is 1. The van der Waals surface area contributed by atoms with E-state index in [-0.39, 0.29) is 5.78 Å². The lowest BCUT2D eigenvalue weighted by molar-refractivity contribution is 0.0974. The number of hydrogen-bond donors (Lipinski definition) is 0. The van der Waals surface area contributed by atoms with Crippen LogP contribution in [0.15, 0.2) is 34.8 Å². The first-order valence-electron chi connectivity index (χ1n) is 7.81. The number of carbonyl (C=O) groups is 1. The van der Waals surface area contributed by atoms with Crippen LogP contribution in [0.5, 0.6) is 0 Å².